The van der Waals surface area contributed by atoms with Crippen molar-refractivity contribution in [2.75, 3.05) is 0 Å². The molecule has 0 bridgehead atoms. The summed E-state index contributed by atoms with van der Waals surface area (Å²) < 4.78 is 3.22. The average molecular weight is 290 g/mol. The number of aromatic carboxylic acids is 1. The lowest BCUT2D eigenvalue weighted by Gasteiger charge is -2.03. The molecule has 0 aliphatic carbocycles. The van der Waals surface area contributed by atoms with Gasteiger partial charge in [0.25, 0.3) is 0 Å². The van der Waals surface area contributed by atoms with E-state index in [0.29, 0.717) is 10.8 Å². The number of thiazole rings is 1. The minimum atomic E-state index is -1.00. The Balaban J connectivity index is 2.32. The predicted octanol–water partition coefficient (Wildman–Crippen LogP) is 2.46. The fraction of sp³-hybridized carbons (Fsp3) is 0.308. The molecule has 3 aromatic heterocycles. The lowest BCUT2D eigenvalue weighted by Crippen LogP contribution is -2.09. The summed E-state index contributed by atoms with van der Waals surface area (Å²) in [5.41, 5.74) is 3.14. The largest absolute Gasteiger partial charge is 0.476 e. The molecule has 3 rings (SSSR count). The van der Waals surface area contributed by atoms with Crippen molar-refractivity contribution >= 4 is 22.3 Å². The zero-order valence-electron chi connectivity index (χ0n) is 11.4. The van der Waals surface area contributed by atoms with Crippen LogP contribution < -0.4 is 0 Å². The molecule has 0 saturated carbocycles. The van der Waals surface area contributed by atoms with Crippen molar-refractivity contribution < 1.29 is 9.90 Å². The summed E-state index contributed by atoms with van der Waals surface area (Å²) in [6, 6.07) is 0. The Hall–Kier alpha value is -2.15. The number of imidazole rings is 1. The molecule has 0 aromatic carbocycles. The number of rotatable bonds is 3. The molecule has 0 radical (unpaired) electrons. The van der Waals surface area contributed by atoms with E-state index >= 15 is 0 Å². The third-order valence-corrected chi connectivity index (χ3v) is 4.20. The summed E-state index contributed by atoms with van der Waals surface area (Å²) in [5.74, 6) is -0.624. The van der Waals surface area contributed by atoms with Gasteiger partial charge >= 0.3 is 5.97 Å². The van der Waals surface area contributed by atoms with Gasteiger partial charge in [0, 0.05) is 17.3 Å². The van der Waals surface area contributed by atoms with Crippen molar-refractivity contribution in [1.82, 2.24) is 19.2 Å². The van der Waals surface area contributed by atoms with E-state index < -0.39 is 5.97 Å². The van der Waals surface area contributed by atoms with E-state index in [4.69, 9.17) is 0 Å². The molecular weight excluding hydrogens is 276 g/mol. The molecule has 20 heavy (non-hydrogen) atoms. The molecule has 0 amide bonds. The van der Waals surface area contributed by atoms with Crippen molar-refractivity contribution in [3.05, 3.63) is 34.2 Å². The lowest BCUT2D eigenvalue weighted by molar-refractivity contribution is 0.0689. The summed E-state index contributed by atoms with van der Waals surface area (Å²) in [7, 11) is 0. The number of aromatic nitrogens is 4. The Bertz CT molecular complexity index is 812. The van der Waals surface area contributed by atoms with Gasteiger partial charge in [-0.1, -0.05) is 6.92 Å². The third-order valence-electron chi connectivity index (χ3n) is 3.44. The second-order valence-electron chi connectivity index (χ2n) is 4.56. The Kier molecular flexibility index (Phi) is 2.86. The molecular formula is C13H14N4O2S. The summed E-state index contributed by atoms with van der Waals surface area (Å²) in [5, 5.41) is 15.7. The van der Waals surface area contributed by atoms with Crippen LogP contribution in [0, 0.1) is 13.8 Å². The van der Waals surface area contributed by atoms with Crippen molar-refractivity contribution in [3.8, 4) is 5.82 Å². The maximum atomic E-state index is 11.5. The number of carboxylic acid groups (broad SMARTS) is 1. The van der Waals surface area contributed by atoms with E-state index in [0.717, 1.165) is 23.4 Å². The van der Waals surface area contributed by atoms with Crippen molar-refractivity contribution in [2.24, 2.45) is 0 Å². The number of hydrogen-bond donors (Lipinski definition) is 1. The van der Waals surface area contributed by atoms with Crippen molar-refractivity contribution in [1.29, 1.82) is 0 Å². The minimum Gasteiger partial charge on any atom is -0.476 e. The quantitative estimate of drug-likeness (QED) is 0.804. The van der Waals surface area contributed by atoms with Gasteiger partial charge in [-0.05, 0) is 25.8 Å². The Morgan fingerprint density at radius 1 is 1.45 bits per heavy atom. The van der Waals surface area contributed by atoms with Gasteiger partial charge in [0.1, 0.15) is 0 Å². The van der Waals surface area contributed by atoms with Crippen LogP contribution in [0.25, 0.3) is 10.8 Å². The van der Waals surface area contributed by atoms with E-state index in [9.17, 15) is 9.90 Å². The van der Waals surface area contributed by atoms with Gasteiger partial charge in [0.05, 0.1) is 5.69 Å². The number of nitrogens with zero attached hydrogens (tertiary/aromatic N) is 4. The van der Waals surface area contributed by atoms with Gasteiger partial charge in [-0.3, -0.25) is 4.40 Å². The molecule has 0 aliphatic heterocycles. The Labute approximate surface area is 119 Å². The molecule has 7 heteroatoms. The van der Waals surface area contributed by atoms with Crippen LogP contribution in [-0.4, -0.2) is 30.2 Å². The topological polar surface area (TPSA) is 72.4 Å². The molecule has 3 aromatic rings. The number of aryl methyl sites for hydroxylation is 1. The number of carbonyl (C=O) groups is 1. The highest BCUT2D eigenvalue weighted by Crippen LogP contribution is 2.24. The van der Waals surface area contributed by atoms with Crippen LogP contribution in [0.2, 0.25) is 0 Å². The van der Waals surface area contributed by atoms with Crippen LogP contribution >= 0.6 is 11.3 Å². The fourth-order valence-electron chi connectivity index (χ4n) is 2.51. The second kappa shape index (κ2) is 4.45. The summed E-state index contributed by atoms with van der Waals surface area (Å²) in [6.07, 6.45) is 2.58. The first-order valence-electron chi connectivity index (χ1n) is 6.28. The van der Waals surface area contributed by atoms with Gasteiger partial charge in [-0.2, -0.15) is 10.1 Å². The van der Waals surface area contributed by atoms with Gasteiger partial charge in [0.2, 0.25) is 0 Å². The summed E-state index contributed by atoms with van der Waals surface area (Å²) in [6.45, 7) is 5.93. The van der Waals surface area contributed by atoms with Crippen LogP contribution in [-0.2, 0) is 6.42 Å². The molecule has 6 nitrogen and oxygen atoms in total. The second-order valence-corrected chi connectivity index (χ2v) is 5.43. The van der Waals surface area contributed by atoms with Crippen LogP contribution in [0.1, 0.15) is 34.4 Å². The highest BCUT2D eigenvalue weighted by atomic mass is 32.1. The van der Waals surface area contributed by atoms with Crippen LogP contribution in [0.5, 0.6) is 0 Å². The first-order chi connectivity index (χ1) is 9.54. The number of carboxylic acids is 1. The first kappa shape index (κ1) is 12.9. The highest BCUT2D eigenvalue weighted by molar-refractivity contribution is 7.15. The zero-order chi connectivity index (χ0) is 14.4. The highest BCUT2D eigenvalue weighted by Gasteiger charge is 2.23. The van der Waals surface area contributed by atoms with E-state index in [1.54, 1.807) is 15.3 Å². The third kappa shape index (κ3) is 1.66. The normalized spacial score (nSPS) is 11.3. The van der Waals surface area contributed by atoms with Crippen molar-refractivity contribution in [3.63, 3.8) is 0 Å². The molecule has 0 unspecified atom stereocenters. The maximum absolute atomic E-state index is 11.5. The SMILES string of the molecule is CCc1c(C)nn(-c2nc3sccn3c2C(=O)O)c1C. The first-order valence-corrected chi connectivity index (χ1v) is 7.16. The Morgan fingerprint density at radius 3 is 2.80 bits per heavy atom. The lowest BCUT2D eigenvalue weighted by atomic mass is 10.1. The van der Waals surface area contributed by atoms with Gasteiger partial charge in [0.15, 0.2) is 16.5 Å². The maximum Gasteiger partial charge on any atom is 0.356 e. The van der Waals surface area contributed by atoms with Gasteiger partial charge in [-0.15, -0.1) is 11.3 Å². The summed E-state index contributed by atoms with van der Waals surface area (Å²) in [4.78, 5) is 16.6. The minimum absolute atomic E-state index is 0.148. The predicted molar refractivity (Wildman–Crippen MR) is 76.0 cm³/mol. The molecule has 1 N–H and O–H groups in total. The average Bonchev–Trinajstić information content (AvgIpc) is 3.01. The molecule has 0 aliphatic rings. The van der Waals surface area contributed by atoms with Crippen LogP contribution in [0.15, 0.2) is 11.6 Å². The molecule has 3 heterocycles. The number of hydrogen-bond acceptors (Lipinski definition) is 4. The smallest absolute Gasteiger partial charge is 0.356 e. The van der Waals surface area contributed by atoms with E-state index in [-0.39, 0.29) is 5.69 Å². The van der Waals surface area contributed by atoms with Crippen LogP contribution in [0.4, 0.5) is 0 Å². The monoisotopic (exact) mass is 290 g/mol. The van der Waals surface area contributed by atoms with E-state index in [1.165, 1.54) is 11.3 Å². The fourth-order valence-corrected chi connectivity index (χ4v) is 3.22. The number of fused-ring (bicyclic) bond motifs is 1. The molecule has 0 spiro atoms. The summed E-state index contributed by atoms with van der Waals surface area (Å²) >= 11 is 1.40. The molecule has 104 valence electrons. The van der Waals surface area contributed by atoms with Crippen molar-refractivity contribution in [2.45, 2.75) is 27.2 Å². The Morgan fingerprint density at radius 2 is 2.20 bits per heavy atom. The van der Waals surface area contributed by atoms with E-state index in [1.807, 2.05) is 19.2 Å². The van der Waals surface area contributed by atoms with Crippen LogP contribution in [0.3, 0.4) is 0 Å². The zero-order valence-corrected chi connectivity index (χ0v) is 12.2. The standard InChI is InChI=1S/C13H14N4O2S/c1-4-9-7(2)15-17(8(9)3)11-10(12(18)19)16-5-6-20-13(16)14-11/h5-6H,4H2,1-3H3,(H,18,19). The van der Waals surface area contributed by atoms with Gasteiger partial charge < -0.3 is 5.11 Å². The molecule has 0 saturated heterocycles. The molecule has 0 fully saturated rings. The molecule has 0 atom stereocenters. The van der Waals surface area contributed by atoms with E-state index in [2.05, 4.69) is 17.0 Å². The van der Waals surface area contributed by atoms with Gasteiger partial charge in [-0.25, -0.2) is 9.48 Å².